The van der Waals surface area contributed by atoms with Crippen LogP contribution in [0.3, 0.4) is 0 Å². The second kappa shape index (κ2) is 4.62. The van der Waals surface area contributed by atoms with Crippen molar-refractivity contribution in [3.05, 3.63) is 34.9 Å². The lowest BCUT2D eigenvalue weighted by molar-refractivity contribution is -0.140. The number of carboxylic acids is 1. The monoisotopic (exact) mass is 213 g/mol. The van der Waals surface area contributed by atoms with E-state index in [0.29, 0.717) is 17.0 Å². The van der Waals surface area contributed by atoms with E-state index in [1.165, 1.54) is 6.07 Å². The standard InChI is InChI=1S/C9H8ClNO3/c10-7-3-1-2-6(4-7)8(9(13)14)11-5-12/h1-5,8H,(H,11,12)(H,13,14)/t8-/m1/s1. The number of aliphatic carboxylic acids is 1. The number of benzene rings is 1. The summed E-state index contributed by atoms with van der Waals surface area (Å²) in [5, 5.41) is 11.4. The largest absolute Gasteiger partial charge is 0.479 e. The number of rotatable bonds is 4. The molecule has 74 valence electrons. The molecule has 0 aromatic heterocycles. The maximum Gasteiger partial charge on any atom is 0.330 e. The molecule has 0 saturated heterocycles. The minimum Gasteiger partial charge on any atom is -0.479 e. The molecule has 0 saturated carbocycles. The Labute approximate surface area is 85.5 Å². The van der Waals surface area contributed by atoms with E-state index in [9.17, 15) is 9.59 Å². The number of amides is 1. The van der Waals surface area contributed by atoms with E-state index < -0.39 is 12.0 Å². The Hall–Kier alpha value is -1.55. The molecule has 14 heavy (non-hydrogen) atoms. The van der Waals surface area contributed by atoms with Gasteiger partial charge in [0.25, 0.3) is 0 Å². The highest BCUT2D eigenvalue weighted by Crippen LogP contribution is 2.17. The molecule has 0 aliphatic rings. The molecule has 1 aromatic rings. The van der Waals surface area contributed by atoms with Gasteiger partial charge in [-0.25, -0.2) is 4.79 Å². The van der Waals surface area contributed by atoms with Gasteiger partial charge in [0.2, 0.25) is 6.41 Å². The Balaban J connectivity index is 2.98. The second-order valence-corrected chi connectivity index (χ2v) is 3.05. The minimum atomic E-state index is -1.13. The lowest BCUT2D eigenvalue weighted by atomic mass is 10.1. The molecule has 0 aliphatic carbocycles. The third kappa shape index (κ3) is 2.47. The highest BCUT2D eigenvalue weighted by Gasteiger charge is 2.18. The number of carboxylic acid groups (broad SMARTS) is 1. The van der Waals surface area contributed by atoms with Crippen molar-refractivity contribution in [2.45, 2.75) is 6.04 Å². The molecule has 1 amide bonds. The van der Waals surface area contributed by atoms with Crippen LogP contribution in [-0.4, -0.2) is 17.5 Å². The number of hydrogen-bond donors (Lipinski definition) is 2. The zero-order chi connectivity index (χ0) is 10.6. The van der Waals surface area contributed by atoms with Gasteiger partial charge in [0.15, 0.2) is 6.04 Å². The van der Waals surface area contributed by atoms with Gasteiger partial charge in [-0.15, -0.1) is 0 Å². The Kier molecular flexibility index (Phi) is 3.48. The summed E-state index contributed by atoms with van der Waals surface area (Å²) in [6.07, 6.45) is 0.347. The summed E-state index contributed by atoms with van der Waals surface area (Å²) < 4.78 is 0. The molecule has 1 atom stereocenters. The number of hydrogen-bond acceptors (Lipinski definition) is 2. The van der Waals surface area contributed by atoms with Crippen molar-refractivity contribution in [1.82, 2.24) is 5.32 Å². The first-order valence-electron chi connectivity index (χ1n) is 3.83. The van der Waals surface area contributed by atoms with Crippen LogP contribution >= 0.6 is 11.6 Å². The fourth-order valence-corrected chi connectivity index (χ4v) is 1.26. The highest BCUT2D eigenvalue weighted by molar-refractivity contribution is 6.30. The lowest BCUT2D eigenvalue weighted by Gasteiger charge is -2.11. The number of carbonyl (C=O) groups is 2. The first-order chi connectivity index (χ1) is 6.65. The predicted molar refractivity (Wildman–Crippen MR) is 51.0 cm³/mol. The fraction of sp³-hybridized carbons (Fsp3) is 0.111. The minimum absolute atomic E-state index is 0.347. The maximum atomic E-state index is 10.7. The van der Waals surface area contributed by atoms with E-state index in [1.807, 2.05) is 0 Å². The summed E-state index contributed by atoms with van der Waals surface area (Å²) in [6, 6.07) is 5.29. The van der Waals surface area contributed by atoms with E-state index >= 15 is 0 Å². The Morgan fingerprint density at radius 2 is 2.29 bits per heavy atom. The lowest BCUT2D eigenvalue weighted by Crippen LogP contribution is -2.27. The number of nitrogens with one attached hydrogen (secondary N) is 1. The predicted octanol–water partition coefficient (Wildman–Crippen LogP) is 1.21. The quantitative estimate of drug-likeness (QED) is 0.739. The van der Waals surface area contributed by atoms with Crippen LogP contribution in [0.4, 0.5) is 0 Å². The fourth-order valence-electron chi connectivity index (χ4n) is 1.06. The molecular weight excluding hydrogens is 206 g/mol. The van der Waals surface area contributed by atoms with Gasteiger partial charge in [-0.1, -0.05) is 23.7 Å². The van der Waals surface area contributed by atoms with Gasteiger partial charge in [-0.05, 0) is 17.7 Å². The van der Waals surface area contributed by atoms with E-state index in [4.69, 9.17) is 16.7 Å². The van der Waals surface area contributed by atoms with Crippen LogP contribution in [-0.2, 0) is 9.59 Å². The van der Waals surface area contributed by atoms with Crippen molar-refractivity contribution in [2.24, 2.45) is 0 Å². The van der Waals surface area contributed by atoms with Gasteiger partial charge >= 0.3 is 5.97 Å². The van der Waals surface area contributed by atoms with Crippen LogP contribution in [0.5, 0.6) is 0 Å². The average molecular weight is 214 g/mol. The molecular formula is C9H8ClNO3. The van der Waals surface area contributed by atoms with Crippen molar-refractivity contribution in [3.8, 4) is 0 Å². The van der Waals surface area contributed by atoms with Crippen molar-refractivity contribution in [1.29, 1.82) is 0 Å². The SMILES string of the molecule is O=CN[C@@H](C(=O)O)c1cccc(Cl)c1. The van der Waals surface area contributed by atoms with Crippen molar-refractivity contribution in [2.75, 3.05) is 0 Å². The van der Waals surface area contributed by atoms with Crippen molar-refractivity contribution in [3.63, 3.8) is 0 Å². The zero-order valence-corrected chi connectivity index (χ0v) is 7.86. The molecule has 5 heteroatoms. The smallest absolute Gasteiger partial charge is 0.330 e. The Morgan fingerprint density at radius 1 is 1.57 bits per heavy atom. The summed E-state index contributed by atoms with van der Waals surface area (Å²) in [5.74, 6) is -1.13. The summed E-state index contributed by atoms with van der Waals surface area (Å²) in [4.78, 5) is 20.9. The third-order valence-corrected chi connectivity index (χ3v) is 1.90. The number of carbonyl (C=O) groups excluding carboxylic acids is 1. The van der Waals surface area contributed by atoms with Gasteiger partial charge in [-0.3, -0.25) is 4.79 Å². The Bertz CT molecular complexity index is 354. The van der Waals surface area contributed by atoms with Gasteiger partial charge in [0, 0.05) is 5.02 Å². The summed E-state index contributed by atoms with van der Waals surface area (Å²) in [7, 11) is 0. The summed E-state index contributed by atoms with van der Waals surface area (Å²) >= 11 is 5.68. The molecule has 0 spiro atoms. The maximum absolute atomic E-state index is 10.7. The van der Waals surface area contributed by atoms with E-state index in [-0.39, 0.29) is 0 Å². The van der Waals surface area contributed by atoms with Gasteiger partial charge in [0.1, 0.15) is 0 Å². The summed E-state index contributed by atoms with van der Waals surface area (Å²) in [6.45, 7) is 0. The zero-order valence-electron chi connectivity index (χ0n) is 7.11. The molecule has 0 heterocycles. The topological polar surface area (TPSA) is 66.4 Å². The van der Waals surface area contributed by atoms with Crippen LogP contribution in [0.2, 0.25) is 5.02 Å². The molecule has 0 aliphatic heterocycles. The molecule has 1 rings (SSSR count). The Morgan fingerprint density at radius 3 is 2.79 bits per heavy atom. The first kappa shape index (κ1) is 10.5. The van der Waals surface area contributed by atoms with Crippen LogP contribution in [0.25, 0.3) is 0 Å². The van der Waals surface area contributed by atoms with Crippen molar-refractivity contribution < 1.29 is 14.7 Å². The van der Waals surface area contributed by atoms with E-state index in [1.54, 1.807) is 18.2 Å². The van der Waals surface area contributed by atoms with Gasteiger partial charge in [0.05, 0.1) is 0 Å². The van der Waals surface area contributed by atoms with Crippen LogP contribution in [0.1, 0.15) is 11.6 Å². The van der Waals surface area contributed by atoms with Crippen LogP contribution in [0.15, 0.2) is 24.3 Å². The van der Waals surface area contributed by atoms with Gasteiger partial charge in [-0.2, -0.15) is 0 Å². The van der Waals surface area contributed by atoms with Crippen LogP contribution in [0, 0.1) is 0 Å². The van der Waals surface area contributed by atoms with Crippen LogP contribution < -0.4 is 5.32 Å². The average Bonchev–Trinajstić information content (AvgIpc) is 2.13. The van der Waals surface area contributed by atoms with Crippen molar-refractivity contribution >= 4 is 24.0 Å². The molecule has 0 radical (unpaired) electrons. The molecule has 0 bridgehead atoms. The van der Waals surface area contributed by atoms with E-state index in [2.05, 4.69) is 5.32 Å². The second-order valence-electron chi connectivity index (χ2n) is 2.61. The molecule has 0 unspecified atom stereocenters. The highest BCUT2D eigenvalue weighted by atomic mass is 35.5. The third-order valence-electron chi connectivity index (χ3n) is 1.66. The number of halogens is 1. The van der Waals surface area contributed by atoms with Gasteiger partial charge < -0.3 is 10.4 Å². The molecule has 1 aromatic carbocycles. The summed E-state index contributed by atoms with van der Waals surface area (Å²) in [5.41, 5.74) is 0.442. The normalized spacial score (nSPS) is 11.8. The molecule has 4 nitrogen and oxygen atoms in total. The molecule has 2 N–H and O–H groups in total. The van der Waals surface area contributed by atoms with E-state index in [0.717, 1.165) is 0 Å². The first-order valence-corrected chi connectivity index (χ1v) is 4.21. The molecule has 0 fully saturated rings.